The van der Waals surface area contributed by atoms with E-state index in [-0.39, 0.29) is 12.1 Å². The summed E-state index contributed by atoms with van der Waals surface area (Å²) in [6.45, 7) is 8.95. The van der Waals surface area contributed by atoms with Crippen molar-refractivity contribution in [3.05, 3.63) is 33.8 Å². The quantitative estimate of drug-likeness (QED) is 0.901. The summed E-state index contributed by atoms with van der Waals surface area (Å²) in [5, 5.41) is 4.69. The van der Waals surface area contributed by atoms with E-state index < -0.39 is 0 Å². The van der Waals surface area contributed by atoms with Crippen LogP contribution in [0.3, 0.4) is 0 Å². The molecule has 1 fully saturated rings. The van der Waals surface area contributed by atoms with Gasteiger partial charge in [-0.2, -0.15) is 0 Å². The first-order valence-electron chi connectivity index (χ1n) is 7.18. The van der Waals surface area contributed by atoms with Gasteiger partial charge >= 0.3 is 0 Å². The highest BCUT2D eigenvalue weighted by molar-refractivity contribution is 6.42. The topological polar surface area (TPSA) is 24.5 Å². The zero-order chi connectivity index (χ0) is 14.5. The summed E-state index contributed by atoms with van der Waals surface area (Å²) in [6.07, 6.45) is 0.140. The fraction of sp³-hybridized carbons (Fsp3) is 0.600. The Morgan fingerprint density at radius 2 is 2.15 bits per heavy atom. The number of nitrogens with zero attached hydrogens (tertiary/aromatic N) is 1. The van der Waals surface area contributed by atoms with Crippen LogP contribution in [-0.4, -0.2) is 43.8 Å². The zero-order valence-electron chi connectivity index (χ0n) is 12.0. The molecule has 1 aromatic carbocycles. The molecule has 0 aliphatic carbocycles. The van der Waals surface area contributed by atoms with Crippen LogP contribution in [0.2, 0.25) is 10.0 Å². The van der Waals surface area contributed by atoms with Gasteiger partial charge < -0.3 is 10.1 Å². The number of hydrogen-bond acceptors (Lipinski definition) is 3. The lowest BCUT2D eigenvalue weighted by molar-refractivity contribution is -0.0453. The second kappa shape index (κ2) is 7.62. The molecule has 2 atom stereocenters. The Labute approximate surface area is 131 Å². The van der Waals surface area contributed by atoms with Crippen molar-refractivity contribution in [2.75, 3.05) is 32.8 Å². The molecule has 1 aliphatic heterocycles. The third-order valence-corrected chi connectivity index (χ3v) is 4.46. The molecule has 3 nitrogen and oxygen atoms in total. The maximum absolute atomic E-state index is 6.14. The molecule has 0 amide bonds. The van der Waals surface area contributed by atoms with Gasteiger partial charge in [0.15, 0.2) is 0 Å². The van der Waals surface area contributed by atoms with Crippen molar-refractivity contribution in [3.8, 4) is 0 Å². The van der Waals surface area contributed by atoms with Gasteiger partial charge in [-0.25, -0.2) is 0 Å². The van der Waals surface area contributed by atoms with Crippen molar-refractivity contribution < 1.29 is 4.74 Å². The minimum atomic E-state index is 0.140. The molecule has 112 valence electrons. The molecule has 20 heavy (non-hydrogen) atoms. The van der Waals surface area contributed by atoms with E-state index in [9.17, 15) is 0 Å². The molecule has 1 N–H and O–H groups in total. The second-order valence-electron chi connectivity index (χ2n) is 5.01. The van der Waals surface area contributed by atoms with Gasteiger partial charge in [0.2, 0.25) is 0 Å². The van der Waals surface area contributed by atoms with Crippen molar-refractivity contribution in [1.29, 1.82) is 0 Å². The van der Waals surface area contributed by atoms with Gasteiger partial charge in [0.1, 0.15) is 0 Å². The predicted molar refractivity (Wildman–Crippen MR) is 84.7 cm³/mol. The van der Waals surface area contributed by atoms with Gasteiger partial charge in [0, 0.05) is 13.1 Å². The highest BCUT2D eigenvalue weighted by atomic mass is 35.5. The van der Waals surface area contributed by atoms with Crippen molar-refractivity contribution >= 4 is 23.2 Å². The fourth-order valence-corrected chi connectivity index (χ4v) is 2.92. The standard InChI is InChI=1S/C15H22Cl2N2O/c1-3-18-15(11-5-6-12(16)13(17)9-11)14-10-19(4-2)7-8-20-14/h5-6,9,14-15,18H,3-4,7-8,10H2,1-2H3. The van der Waals surface area contributed by atoms with Gasteiger partial charge in [-0.05, 0) is 30.8 Å². The number of nitrogens with one attached hydrogen (secondary N) is 1. The van der Waals surface area contributed by atoms with E-state index in [1.54, 1.807) is 0 Å². The lowest BCUT2D eigenvalue weighted by atomic mass is 10.00. The monoisotopic (exact) mass is 316 g/mol. The normalized spacial score (nSPS) is 21.9. The number of rotatable bonds is 5. The summed E-state index contributed by atoms with van der Waals surface area (Å²) in [7, 11) is 0. The van der Waals surface area contributed by atoms with Crippen LogP contribution in [0.4, 0.5) is 0 Å². The Morgan fingerprint density at radius 1 is 1.35 bits per heavy atom. The first-order chi connectivity index (χ1) is 9.65. The van der Waals surface area contributed by atoms with Gasteiger partial charge in [-0.1, -0.05) is 43.1 Å². The molecule has 1 saturated heterocycles. The number of hydrogen-bond donors (Lipinski definition) is 1. The predicted octanol–water partition coefficient (Wildman–Crippen LogP) is 3.36. The van der Waals surface area contributed by atoms with E-state index in [1.807, 2.05) is 18.2 Å². The third kappa shape index (κ3) is 3.86. The minimum absolute atomic E-state index is 0.140. The van der Waals surface area contributed by atoms with Crippen molar-refractivity contribution in [3.63, 3.8) is 0 Å². The molecule has 2 unspecified atom stereocenters. The number of ether oxygens (including phenoxy) is 1. The maximum Gasteiger partial charge on any atom is 0.0896 e. The highest BCUT2D eigenvalue weighted by Crippen LogP contribution is 2.29. The number of benzene rings is 1. The molecule has 1 aliphatic rings. The molecule has 0 bridgehead atoms. The maximum atomic E-state index is 6.14. The summed E-state index contributed by atoms with van der Waals surface area (Å²) in [4.78, 5) is 2.41. The van der Waals surface area contributed by atoms with Crippen LogP contribution in [0.5, 0.6) is 0 Å². The largest absolute Gasteiger partial charge is 0.374 e. The molecule has 1 aromatic rings. The average molecular weight is 317 g/mol. The summed E-state index contributed by atoms with van der Waals surface area (Å²) >= 11 is 12.1. The van der Waals surface area contributed by atoms with Crippen molar-refractivity contribution in [2.24, 2.45) is 0 Å². The van der Waals surface area contributed by atoms with E-state index in [0.717, 1.165) is 38.3 Å². The lowest BCUT2D eigenvalue weighted by Gasteiger charge is -2.37. The molecule has 2 rings (SSSR count). The number of morpholine rings is 1. The summed E-state index contributed by atoms with van der Waals surface area (Å²) < 4.78 is 5.97. The van der Waals surface area contributed by atoms with Gasteiger partial charge in [0.05, 0.1) is 28.8 Å². The zero-order valence-corrected chi connectivity index (χ0v) is 13.5. The molecular formula is C15H22Cl2N2O. The Balaban J connectivity index is 2.18. The first kappa shape index (κ1) is 16.1. The highest BCUT2D eigenvalue weighted by Gasteiger charge is 2.28. The smallest absolute Gasteiger partial charge is 0.0896 e. The minimum Gasteiger partial charge on any atom is -0.374 e. The molecular weight excluding hydrogens is 295 g/mol. The summed E-state index contributed by atoms with van der Waals surface area (Å²) in [5.41, 5.74) is 1.13. The Hall–Kier alpha value is -0.320. The Kier molecular flexibility index (Phi) is 6.12. The van der Waals surface area contributed by atoms with Gasteiger partial charge in [-0.3, -0.25) is 4.90 Å². The summed E-state index contributed by atoms with van der Waals surface area (Å²) in [5.74, 6) is 0. The molecule has 0 aromatic heterocycles. The molecule has 1 heterocycles. The van der Waals surface area contributed by atoms with E-state index in [1.165, 1.54) is 0 Å². The molecule has 5 heteroatoms. The number of likely N-dealkylation sites (N-methyl/N-ethyl adjacent to an activating group) is 2. The van der Waals surface area contributed by atoms with Gasteiger partial charge in [-0.15, -0.1) is 0 Å². The Morgan fingerprint density at radius 3 is 2.80 bits per heavy atom. The van der Waals surface area contributed by atoms with Crippen molar-refractivity contribution in [1.82, 2.24) is 10.2 Å². The van der Waals surface area contributed by atoms with Crippen LogP contribution < -0.4 is 5.32 Å². The van der Waals surface area contributed by atoms with E-state index in [4.69, 9.17) is 27.9 Å². The van der Waals surface area contributed by atoms with Crippen LogP contribution >= 0.6 is 23.2 Å². The Bertz CT molecular complexity index is 442. The first-order valence-corrected chi connectivity index (χ1v) is 7.93. The molecule has 0 radical (unpaired) electrons. The fourth-order valence-electron chi connectivity index (χ4n) is 2.61. The second-order valence-corrected chi connectivity index (χ2v) is 5.83. The van der Waals surface area contributed by atoms with E-state index in [0.29, 0.717) is 10.0 Å². The average Bonchev–Trinajstić information content (AvgIpc) is 2.48. The van der Waals surface area contributed by atoms with Crippen LogP contribution in [-0.2, 0) is 4.74 Å². The lowest BCUT2D eigenvalue weighted by Crippen LogP contribution is -2.48. The van der Waals surface area contributed by atoms with E-state index >= 15 is 0 Å². The third-order valence-electron chi connectivity index (χ3n) is 3.72. The van der Waals surface area contributed by atoms with Crippen LogP contribution in [0.25, 0.3) is 0 Å². The number of halogens is 2. The molecule has 0 spiro atoms. The SMILES string of the molecule is CCNC(c1ccc(Cl)c(Cl)c1)C1CN(CC)CCO1. The van der Waals surface area contributed by atoms with Crippen LogP contribution in [0.1, 0.15) is 25.5 Å². The molecule has 0 saturated carbocycles. The van der Waals surface area contributed by atoms with Crippen LogP contribution in [0.15, 0.2) is 18.2 Å². The summed E-state index contributed by atoms with van der Waals surface area (Å²) in [6, 6.07) is 5.95. The van der Waals surface area contributed by atoms with Gasteiger partial charge in [0.25, 0.3) is 0 Å². The van der Waals surface area contributed by atoms with Crippen molar-refractivity contribution in [2.45, 2.75) is 26.0 Å². The van der Waals surface area contributed by atoms with Crippen LogP contribution in [0, 0.1) is 0 Å². The van der Waals surface area contributed by atoms with E-state index in [2.05, 4.69) is 24.1 Å².